The largest absolute Gasteiger partial charge is 0.465 e. The number of allylic oxidation sites excluding steroid dienone is 2. The van der Waals surface area contributed by atoms with Crippen molar-refractivity contribution in [2.45, 2.75) is 78.7 Å². The van der Waals surface area contributed by atoms with Gasteiger partial charge in [-0.15, -0.1) is 0 Å². The maximum atomic E-state index is 13.0. The van der Waals surface area contributed by atoms with Gasteiger partial charge in [-0.1, -0.05) is 64.7 Å². The Balaban J connectivity index is 5.64. The van der Waals surface area contributed by atoms with Crippen LogP contribution in [0.2, 0.25) is 0 Å². The Morgan fingerprint density at radius 3 is 2.29 bits per heavy atom. The average molecular weight is 483 g/mol. The van der Waals surface area contributed by atoms with E-state index in [9.17, 15) is 19.5 Å². The van der Waals surface area contributed by atoms with E-state index < -0.39 is 41.7 Å². The lowest BCUT2D eigenvalue weighted by Crippen LogP contribution is -2.58. The Morgan fingerprint density at radius 1 is 1.21 bits per heavy atom. The molecule has 0 rings (SSSR count). The molecule has 5 N–H and O–H groups in total. The van der Waals surface area contributed by atoms with Gasteiger partial charge in [-0.25, -0.2) is 14.6 Å². The van der Waals surface area contributed by atoms with Crippen molar-refractivity contribution in [2.75, 3.05) is 13.1 Å². The molecule has 10 nitrogen and oxygen atoms in total. The fourth-order valence-electron chi connectivity index (χ4n) is 2.89. The van der Waals surface area contributed by atoms with Crippen LogP contribution in [0.5, 0.6) is 0 Å². The molecule has 10 heteroatoms. The van der Waals surface area contributed by atoms with Gasteiger partial charge in [0.15, 0.2) is 0 Å². The highest BCUT2D eigenvalue weighted by Gasteiger charge is 2.35. The highest BCUT2D eigenvalue weighted by atomic mass is 16.6. The third-order valence-corrected chi connectivity index (χ3v) is 5.06. The fraction of sp³-hybridized carbons (Fsp3) is 0.625. The molecule has 0 heterocycles. The van der Waals surface area contributed by atoms with Crippen LogP contribution in [0.4, 0.5) is 9.59 Å². The summed E-state index contributed by atoms with van der Waals surface area (Å²) in [6, 6.07) is -1.88. The molecule has 0 aromatic heterocycles. The second kappa shape index (κ2) is 15.1. The van der Waals surface area contributed by atoms with Gasteiger partial charge in [0, 0.05) is 13.1 Å². The first kappa shape index (κ1) is 31.1. The Bertz CT molecular complexity index is 731. The Hall–Kier alpha value is -2.85. The monoisotopic (exact) mass is 482 g/mol. The molecule has 0 saturated heterocycles. The quantitative estimate of drug-likeness (QED) is 0.146. The number of hydrogen-bond acceptors (Lipinski definition) is 6. The van der Waals surface area contributed by atoms with Crippen LogP contribution in [0.15, 0.2) is 37.0 Å². The van der Waals surface area contributed by atoms with Crippen LogP contribution in [-0.2, 0) is 9.53 Å². The van der Waals surface area contributed by atoms with Gasteiger partial charge < -0.3 is 25.6 Å². The van der Waals surface area contributed by atoms with E-state index in [1.54, 1.807) is 39.8 Å². The summed E-state index contributed by atoms with van der Waals surface area (Å²) in [5.74, 6) is -0.583. The summed E-state index contributed by atoms with van der Waals surface area (Å²) in [5, 5.41) is 26.6. The van der Waals surface area contributed by atoms with Crippen molar-refractivity contribution in [3.63, 3.8) is 0 Å². The van der Waals surface area contributed by atoms with E-state index in [4.69, 9.17) is 9.84 Å². The van der Waals surface area contributed by atoms with Gasteiger partial charge in [-0.05, 0) is 32.1 Å². The van der Waals surface area contributed by atoms with Crippen molar-refractivity contribution in [1.29, 1.82) is 0 Å². The number of aliphatic hydroxyl groups is 1. The number of aliphatic hydroxyl groups excluding tert-OH is 1. The summed E-state index contributed by atoms with van der Waals surface area (Å²) in [6.07, 6.45) is 2.54. The predicted molar refractivity (Wildman–Crippen MR) is 132 cm³/mol. The number of hydrazine groups is 1. The number of carbonyl (C=O) groups excluding carboxylic acids is 2. The number of nitrogens with zero attached hydrogens (tertiary/aromatic N) is 1. The predicted octanol–water partition coefficient (Wildman–Crippen LogP) is 2.96. The van der Waals surface area contributed by atoms with E-state index in [2.05, 4.69) is 29.2 Å². The van der Waals surface area contributed by atoms with Gasteiger partial charge in [0.25, 0.3) is 0 Å². The van der Waals surface area contributed by atoms with Gasteiger partial charge in [0.05, 0.1) is 12.1 Å². The van der Waals surface area contributed by atoms with E-state index in [0.717, 1.165) is 0 Å². The van der Waals surface area contributed by atoms with Crippen LogP contribution in [0.1, 0.15) is 54.4 Å². The summed E-state index contributed by atoms with van der Waals surface area (Å²) in [5.41, 5.74) is 2.47. The summed E-state index contributed by atoms with van der Waals surface area (Å²) < 4.78 is 5.25. The van der Waals surface area contributed by atoms with E-state index in [-0.39, 0.29) is 25.6 Å². The zero-order valence-corrected chi connectivity index (χ0v) is 21.3. The highest BCUT2D eigenvalue weighted by Crippen LogP contribution is 2.20. The maximum Gasteiger partial charge on any atom is 0.422 e. The first-order valence-corrected chi connectivity index (χ1v) is 11.4. The number of carbonyl (C=O) groups is 3. The number of ether oxygens (including phenoxy) is 1. The molecule has 34 heavy (non-hydrogen) atoms. The molecule has 0 fully saturated rings. The lowest BCUT2D eigenvalue weighted by Gasteiger charge is -2.34. The standard InChI is InChI=1S/C24H42N4O6/c1-9-12-13-28(27-23(33)34-17(5)11-3)15-19(29)18(14-16(4)10-2)25-21(30)20(24(6,7)8)26-22(31)32/h9-10,12,17-20,26,29H,2,4,11,13-15H2,1,3,5-8H3,(H,25,30)(H,27,33)(H,31,32)/b12-9+. The fourth-order valence-corrected chi connectivity index (χ4v) is 2.89. The summed E-state index contributed by atoms with van der Waals surface area (Å²) in [4.78, 5) is 36.4. The van der Waals surface area contributed by atoms with Crippen LogP contribution in [-0.4, -0.2) is 70.7 Å². The third kappa shape index (κ3) is 12.4. The van der Waals surface area contributed by atoms with Gasteiger partial charge in [0.2, 0.25) is 5.91 Å². The minimum absolute atomic E-state index is 0.0398. The first-order valence-electron chi connectivity index (χ1n) is 11.4. The molecule has 0 aromatic carbocycles. The topological polar surface area (TPSA) is 140 Å². The van der Waals surface area contributed by atoms with E-state index >= 15 is 0 Å². The number of carboxylic acid groups (broad SMARTS) is 1. The van der Waals surface area contributed by atoms with Crippen LogP contribution >= 0.6 is 0 Å². The van der Waals surface area contributed by atoms with Crippen molar-refractivity contribution < 1.29 is 29.3 Å². The van der Waals surface area contributed by atoms with Crippen LogP contribution < -0.4 is 16.1 Å². The van der Waals surface area contributed by atoms with E-state index in [1.165, 1.54) is 11.1 Å². The Kier molecular flexibility index (Phi) is 13.9. The molecule has 0 saturated carbocycles. The lowest BCUT2D eigenvalue weighted by molar-refractivity contribution is -0.127. The van der Waals surface area contributed by atoms with Crippen LogP contribution in [0.3, 0.4) is 0 Å². The molecular weight excluding hydrogens is 440 g/mol. The zero-order chi connectivity index (χ0) is 26.5. The molecule has 0 aliphatic heterocycles. The Morgan fingerprint density at radius 2 is 1.82 bits per heavy atom. The van der Waals surface area contributed by atoms with Crippen molar-refractivity contribution in [3.8, 4) is 0 Å². The van der Waals surface area contributed by atoms with Crippen molar-refractivity contribution in [3.05, 3.63) is 37.0 Å². The number of hydrogen-bond donors (Lipinski definition) is 5. The molecule has 0 bridgehead atoms. The average Bonchev–Trinajstić information content (AvgIpc) is 2.73. The number of rotatable bonds is 14. The van der Waals surface area contributed by atoms with Crippen molar-refractivity contribution in [2.24, 2.45) is 5.41 Å². The normalized spacial score (nSPS) is 15.2. The molecule has 3 amide bonds. The van der Waals surface area contributed by atoms with E-state index in [0.29, 0.717) is 12.0 Å². The molecule has 4 atom stereocenters. The summed E-state index contributed by atoms with van der Waals surface area (Å²) in [7, 11) is 0. The van der Waals surface area contributed by atoms with Crippen LogP contribution in [0.25, 0.3) is 0 Å². The van der Waals surface area contributed by atoms with Gasteiger partial charge in [-0.3, -0.25) is 10.2 Å². The molecule has 0 aliphatic rings. The maximum absolute atomic E-state index is 13.0. The molecule has 0 radical (unpaired) electrons. The number of nitrogens with one attached hydrogen (secondary N) is 3. The molecule has 4 unspecified atom stereocenters. The molecule has 194 valence electrons. The second-order valence-electron chi connectivity index (χ2n) is 9.21. The van der Waals surface area contributed by atoms with Gasteiger partial charge >= 0.3 is 12.2 Å². The van der Waals surface area contributed by atoms with Crippen molar-refractivity contribution in [1.82, 2.24) is 21.1 Å². The Labute approximate surface area is 203 Å². The SMILES string of the molecule is C=CC(=C)CC(NC(=O)C(NC(=O)O)C(C)(C)C)C(O)CN(C/C=C/C)NC(=O)OC(C)CC. The van der Waals surface area contributed by atoms with E-state index in [1.807, 2.05) is 13.8 Å². The summed E-state index contributed by atoms with van der Waals surface area (Å²) >= 11 is 0. The van der Waals surface area contributed by atoms with Crippen LogP contribution in [0, 0.1) is 5.41 Å². The first-order chi connectivity index (χ1) is 15.7. The molecule has 0 aromatic rings. The highest BCUT2D eigenvalue weighted by molar-refractivity contribution is 5.86. The number of amides is 3. The third-order valence-electron chi connectivity index (χ3n) is 5.06. The molecule has 0 aliphatic carbocycles. The lowest BCUT2D eigenvalue weighted by atomic mass is 9.85. The molecule has 0 spiro atoms. The van der Waals surface area contributed by atoms with Gasteiger partial charge in [-0.2, -0.15) is 0 Å². The van der Waals surface area contributed by atoms with Crippen molar-refractivity contribution >= 4 is 18.1 Å². The second-order valence-corrected chi connectivity index (χ2v) is 9.21. The van der Waals surface area contributed by atoms with Gasteiger partial charge in [0.1, 0.15) is 12.1 Å². The summed E-state index contributed by atoms with van der Waals surface area (Å²) in [6.45, 7) is 18.4. The minimum atomic E-state index is -1.33. The minimum Gasteiger partial charge on any atom is -0.465 e. The zero-order valence-electron chi connectivity index (χ0n) is 21.3. The molecular formula is C24H42N4O6. The smallest absolute Gasteiger partial charge is 0.422 e.